The van der Waals surface area contributed by atoms with Gasteiger partial charge in [0.05, 0.1) is 22.7 Å². The maximum absolute atomic E-state index is 12.4. The summed E-state index contributed by atoms with van der Waals surface area (Å²) >= 11 is 1.10. The Morgan fingerprint density at radius 2 is 2.04 bits per heavy atom. The summed E-state index contributed by atoms with van der Waals surface area (Å²) in [6.07, 6.45) is 0.516. The molecule has 0 radical (unpaired) electrons. The van der Waals surface area contributed by atoms with Crippen molar-refractivity contribution in [2.45, 2.75) is 30.5 Å². The van der Waals surface area contributed by atoms with E-state index in [2.05, 4.69) is 15.1 Å². The van der Waals surface area contributed by atoms with Crippen molar-refractivity contribution in [1.29, 1.82) is 0 Å². The molecule has 0 aliphatic rings. The second-order valence-electron chi connectivity index (χ2n) is 5.09. The second kappa shape index (κ2) is 8.52. The Bertz CT molecular complexity index is 725. The van der Waals surface area contributed by atoms with Gasteiger partial charge in [0.25, 0.3) is 5.03 Å². The average molecular weight is 365 g/mol. The van der Waals surface area contributed by atoms with Gasteiger partial charge in [-0.15, -0.1) is 0 Å². The third-order valence-corrected chi connectivity index (χ3v) is 4.78. The number of carbonyl (C=O) groups is 2. The molecule has 1 atom stereocenters. The van der Waals surface area contributed by atoms with Gasteiger partial charge in [-0.3, -0.25) is 4.79 Å². The molecule has 1 aromatic heterocycles. The number of amides is 1. The van der Waals surface area contributed by atoms with E-state index in [1.54, 1.807) is 38.2 Å². The fraction of sp³-hybridized carbons (Fsp3) is 0.375. The quantitative estimate of drug-likeness (QED) is 0.447. The molecule has 134 valence electrons. The van der Waals surface area contributed by atoms with Crippen LogP contribution in [0.4, 0.5) is 5.69 Å². The maximum Gasteiger partial charge on any atom is 0.338 e. The molecule has 1 amide bonds. The van der Waals surface area contributed by atoms with Crippen molar-refractivity contribution in [1.82, 2.24) is 5.27 Å². The van der Waals surface area contributed by atoms with Gasteiger partial charge in [-0.1, -0.05) is 11.6 Å². The van der Waals surface area contributed by atoms with Crippen LogP contribution >= 0.6 is 11.8 Å². The predicted molar refractivity (Wildman–Crippen MR) is 88.1 cm³/mol. The van der Waals surface area contributed by atoms with Gasteiger partial charge in [0, 0.05) is 5.69 Å². The number of hydrogen-bond donors (Lipinski definition) is 1. The molecular weight excluding hydrogens is 346 g/mol. The van der Waals surface area contributed by atoms with Crippen LogP contribution < -0.4 is 15.1 Å². The number of ether oxygens (including phenoxy) is 1. The number of carbonyl (C=O) groups excluding carboxylic acids is 2. The van der Waals surface area contributed by atoms with Crippen molar-refractivity contribution in [2.75, 3.05) is 11.9 Å². The molecule has 0 bridgehead atoms. The molecular formula is C16H19N3O5S. The van der Waals surface area contributed by atoms with Gasteiger partial charge >= 0.3 is 5.97 Å². The zero-order valence-electron chi connectivity index (χ0n) is 14.1. The van der Waals surface area contributed by atoms with E-state index in [1.165, 1.54) is 4.68 Å². The summed E-state index contributed by atoms with van der Waals surface area (Å²) in [4.78, 5) is 24.0. The van der Waals surface area contributed by atoms with Crippen molar-refractivity contribution >= 4 is 29.3 Å². The minimum atomic E-state index is -0.572. The van der Waals surface area contributed by atoms with Crippen molar-refractivity contribution in [3.05, 3.63) is 29.8 Å². The third-order valence-electron chi connectivity index (χ3n) is 3.30. The van der Waals surface area contributed by atoms with E-state index in [4.69, 9.17) is 4.74 Å². The van der Waals surface area contributed by atoms with Crippen LogP contribution in [0.2, 0.25) is 0 Å². The highest BCUT2D eigenvalue weighted by Crippen LogP contribution is 2.28. The summed E-state index contributed by atoms with van der Waals surface area (Å²) < 4.78 is 10.8. The lowest BCUT2D eigenvalue weighted by atomic mass is 10.2. The molecule has 1 aromatic carbocycles. The number of hydrogen-bond acceptors (Lipinski definition) is 7. The van der Waals surface area contributed by atoms with Crippen LogP contribution in [-0.2, 0) is 16.6 Å². The van der Waals surface area contributed by atoms with Crippen LogP contribution in [0, 0.1) is 0 Å². The summed E-state index contributed by atoms with van der Waals surface area (Å²) in [5.41, 5.74) is 0.961. The van der Waals surface area contributed by atoms with Gasteiger partial charge in [-0.05, 0) is 49.4 Å². The first-order valence-electron chi connectivity index (χ1n) is 7.74. The van der Waals surface area contributed by atoms with Crippen molar-refractivity contribution in [3.63, 3.8) is 0 Å². The number of aryl methyl sites for hydroxylation is 1. The van der Waals surface area contributed by atoms with E-state index in [-0.39, 0.29) is 10.9 Å². The van der Waals surface area contributed by atoms with Gasteiger partial charge in [-0.2, -0.15) is 0 Å². The highest BCUT2D eigenvalue weighted by atomic mass is 32.2. The number of nitrogens with zero attached hydrogens (tertiary/aromatic N) is 2. The van der Waals surface area contributed by atoms with Crippen LogP contribution in [0.3, 0.4) is 0 Å². The summed E-state index contributed by atoms with van der Waals surface area (Å²) in [6, 6.07) is 6.41. The number of thioether (sulfide) groups is 1. The van der Waals surface area contributed by atoms with E-state index >= 15 is 0 Å². The van der Waals surface area contributed by atoms with Crippen LogP contribution in [-0.4, -0.2) is 29.0 Å². The topological polar surface area (TPSA) is 108 Å². The predicted octanol–water partition coefficient (Wildman–Crippen LogP) is 1.26. The number of rotatable bonds is 7. The van der Waals surface area contributed by atoms with E-state index in [9.17, 15) is 14.7 Å². The maximum atomic E-state index is 12.4. The monoisotopic (exact) mass is 365 g/mol. The number of nitrogens with one attached hydrogen (secondary N) is 1. The molecule has 25 heavy (non-hydrogen) atoms. The minimum Gasteiger partial charge on any atom is -0.538 e. The molecule has 8 nitrogen and oxygen atoms in total. The zero-order chi connectivity index (χ0) is 18.4. The van der Waals surface area contributed by atoms with E-state index in [0.29, 0.717) is 24.3 Å². The largest absolute Gasteiger partial charge is 0.538 e. The Labute approximate surface area is 149 Å². The average Bonchev–Trinajstić information content (AvgIpc) is 2.91. The van der Waals surface area contributed by atoms with Crippen molar-refractivity contribution in [2.24, 2.45) is 7.05 Å². The highest BCUT2D eigenvalue weighted by Gasteiger charge is 2.25. The van der Waals surface area contributed by atoms with Crippen LogP contribution in [0.5, 0.6) is 5.95 Å². The molecule has 0 saturated carbocycles. The highest BCUT2D eigenvalue weighted by molar-refractivity contribution is 8.00. The minimum absolute atomic E-state index is 0.253. The Morgan fingerprint density at radius 3 is 2.56 bits per heavy atom. The fourth-order valence-corrected chi connectivity index (χ4v) is 2.94. The molecule has 1 unspecified atom stereocenters. The van der Waals surface area contributed by atoms with Gasteiger partial charge < -0.3 is 19.7 Å². The molecule has 9 heteroatoms. The number of esters is 1. The number of benzene rings is 1. The second-order valence-corrected chi connectivity index (χ2v) is 6.28. The molecule has 0 fully saturated rings. The Morgan fingerprint density at radius 1 is 1.36 bits per heavy atom. The van der Waals surface area contributed by atoms with Gasteiger partial charge in [-0.25, -0.2) is 4.79 Å². The fourth-order valence-electron chi connectivity index (χ4n) is 2.01. The Kier molecular flexibility index (Phi) is 6.40. The third kappa shape index (κ3) is 4.72. The van der Waals surface area contributed by atoms with Crippen molar-refractivity contribution in [3.8, 4) is 5.95 Å². The van der Waals surface area contributed by atoms with E-state index < -0.39 is 17.2 Å². The zero-order valence-corrected chi connectivity index (χ0v) is 15.0. The Balaban J connectivity index is 2.03. The lowest BCUT2D eigenvalue weighted by molar-refractivity contribution is -0.772. The molecule has 0 aliphatic heterocycles. The SMILES string of the molecule is CCOC(=O)c1ccc(NC(=O)C(CC)Sc2c([O-])on[n+]2C)cc1. The van der Waals surface area contributed by atoms with E-state index in [0.717, 1.165) is 11.8 Å². The number of anilines is 1. The normalized spacial score (nSPS) is 11.8. The van der Waals surface area contributed by atoms with Gasteiger partial charge in [0.15, 0.2) is 13.0 Å². The van der Waals surface area contributed by atoms with Crippen LogP contribution in [0.25, 0.3) is 0 Å². The van der Waals surface area contributed by atoms with Crippen LogP contribution in [0.1, 0.15) is 30.6 Å². The molecule has 1 heterocycles. The Hall–Kier alpha value is -2.55. The molecule has 0 saturated heterocycles. The summed E-state index contributed by atoms with van der Waals surface area (Å²) in [7, 11) is 1.58. The van der Waals surface area contributed by atoms with Gasteiger partial charge in [0.2, 0.25) is 5.91 Å². The lowest BCUT2D eigenvalue weighted by Crippen LogP contribution is -2.34. The summed E-state index contributed by atoms with van der Waals surface area (Å²) in [5.74, 6) is -1.24. The molecule has 2 aromatic rings. The van der Waals surface area contributed by atoms with Crippen molar-refractivity contribution < 1.29 is 28.6 Å². The first-order valence-corrected chi connectivity index (χ1v) is 8.61. The lowest BCUT2D eigenvalue weighted by Gasteiger charge is -2.13. The van der Waals surface area contributed by atoms with Gasteiger partial charge in [0.1, 0.15) is 0 Å². The van der Waals surface area contributed by atoms with Crippen LogP contribution in [0.15, 0.2) is 33.8 Å². The molecule has 0 spiro atoms. The standard InChI is InChI=1S/C16H19N3O5S/c1-4-12(25-14-16(22)24-18-19(14)3)13(20)17-11-8-6-10(7-9-11)15(21)23-5-2/h6-9,12H,4-5H2,1-3H3,(H-,17,18,20,21,22). The smallest absolute Gasteiger partial charge is 0.338 e. The summed E-state index contributed by atoms with van der Waals surface area (Å²) in [5, 5.41) is 17.7. The van der Waals surface area contributed by atoms with E-state index in [1.807, 2.05) is 6.92 Å². The molecule has 1 N–H and O–H groups in total. The summed E-state index contributed by atoms with van der Waals surface area (Å²) in [6.45, 7) is 3.88. The first-order chi connectivity index (χ1) is 12.0. The molecule has 0 aliphatic carbocycles. The number of aromatic nitrogens is 2. The molecule has 2 rings (SSSR count). The first kappa shape index (κ1) is 18.8.